The first-order chi connectivity index (χ1) is 15.6. The number of carbonyl (C=O) groups is 1. The highest BCUT2D eigenvalue weighted by Gasteiger charge is 2.12. The van der Waals surface area contributed by atoms with Gasteiger partial charge < -0.3 is 15.2 Å². The molecule has 4 nitrogen and oxygen atoms in total. The fourth-order valence-corrected chi connectivity index (χ4v) is 4.14. The summed E-state index contributed by atoms with van der Waals surface area (Å²) >= 11 is 0. The molecule has 0 saturated carbocycles. The molecule has 0 aliphatic rings. The summed E-state index contributed by atoms with van der Waals surface area (Å²) in [7, 11) is 0. The quantitative estimate of drug-likeness (QED) is 0.140. The molecule has 0 aliphatic heterocycles. The molecule has 0 aromatic rings. The van der Waals surface area contributed by atoms with Crippen LogP contribution >= 0.6 is 0 Å². The van der Waals surface area contributed by atoms with Crippen molar-refractivity contribution in [3.63, 3.8) is 0 Å². The Balaban J connectivity index is 3.56. The first-order valence-corrected chi connectivity index (χ1v) is 14.1. The number of amides is 1. The standard InChI is InChI=1S/C28H57NO3/c1-4-6-8-10-11-12-13-14-15-17-19-21-28(31)29-27(24-30)25-32-23-22-26(3)20-18-16-9-7-5-2/h26-27,30H,4-25H2,1-3H3,(H,29,31)/t26-,27+/m1/s1. The van der Waals surface area contributed by atoms with Gasteiger partial charge in [-0.05, 0) is 18.8 Å². The number of aliphatic hydroxyl groups excluding tert-OH is 1. The highest BCUT2D eigenvalue weighted by Crippen LogP contribution is 2.14. The zero-order valence-corrected chi connectivity index (χ0v) is 22.0. The first-order valence-electron chi connectivity index (χ1n) is 14.1. The predicted octanol–water partition coefficient (Wildman–Crippen LogP) is 7.57. The van der Waals surface area contributed by atoms with E-state index in [-0.39, 0.29) is 18.6 Å². The molecule has 0 aliphatic carbocycles. The topological polar surface area (TPSA) is 58.6 Å². The molecule has 2 N–H and O–H groups in total. The van der Waals surface area contributed by atoms with E-state index in [0.717, 1.165) is 19.3 Å². The van der Waals surface area contributed by atoms with Crippen LogP contribution in [0.4, 0.5) is 0 Å². The van der Waals surface area contributed by atoms with Gasteiger partial charge in [-0.1, -0.05) is 124 Å². The van der Waals surface area contributed by atoms with E-state index in [0.29, 0.717) is 25.6 Å². The zero-order chi connectivity index (χ0) is 23.7. The predicted molar refractivity (Wildman–Crippen MR) is 138 cm³/mol. The second kappa shape index (κ2) is 25.0. The van der Waals surface area contributed by atoms with E-state index in [1.165, 1.54) is 96.3 Å². The third kappa shape index (κ3) is 22.6. The number of hydrogen-bond donors (Lipinski definition) is 2. The molecule has 0 unspecified atom stereocenters. The lowest BCUT2D eigenvalue weighted by atomic mass is 9.99. The number of rotatable bonds is 25. The van der Waals surface area contributed by atoms with Gasteiger partial charge in [-0.3, -0.25) is 4.79 Å². The minimum atomic E-state index is -0.278. The zero-order valence-electron chi connectivity index (χ0n) is 22.0. The summed E-state index contributed by atoms with van der Waals surface area (Å²) in [6, 6.07) is -0.278. The summed E-state index contributed by atoms with van der Waals surface area (Å²) in [5.74, 6) is 0.726. The van der Waals surface area contributed by atoms with Crippen LogP contribution in [-0.2, 0) is 9.53 Å². The average Bonchev–Trinajstić information content (AvgIpc) is 2.79. The lowest BCUT2D eigenvalue weighted by Gasteiger charge is -2.17. The van der Waals surface area contributed by atoms with Crippen LogP contribution in [0.15, 0.2) is 0 Å². The van der Waals surface area contributed by atoms with Crippen molar-refractivity contribution in [3.8, 4) is 0 Å². The maximum absolute atomic E-state index is 12.1. The molecular weight excluding hydrogens is 398 g/mol. The molecule has 32 heavy (non-hydrogen) atoms. The summed E-state index contributed by atoms with van der Waals surface area (Å²) in [5.41, 5.74) is 0. The molecule has 4 heteroatoms. The van der Waals surface area contributed by atoms with Crippen LogP contribution in [-0.4, -0.2) is 36.9 Å². The Kier molecular flexibility index (Phi) is 24.5. The molecule has 0 rings (SSSR count). The van der Waals surface area contributed by atoms with Crippen LogP contribution in [0.1, 0.15) is 143 Å². The Hall–Kier alpha value is -0.610. The number of nitrogens with one attached hydrogen (secondary N) is 1. The van der Waals surface area contributed by atoms with Gasteiger partial charge in [-0.15, -0.1) is 0 Å². The first kappa shape index (κ1) is 31.4. The third-order valence-corrected chi connectivity index (χ3v) is 6.47. The Morgan fingerprint density at radius 1 is 0.750 bits per heavy atom. The summed E-state index contributed by atoms with van der Waals surface area (Å²) < 4.78 is 5.74. The molecule has 1 amide bonds. The van der Waals surface area contributed by atoms with E-state index in [1.807, 2.05) is 0 Å². The second-order valence-electron chi connectivity index (χ2n) is 9.90. The van der Waals surface area contributed by atoms with E-state index in [1.54, 1.807) is 0 Å². The molecule has 0 heterocycles. The number of carbonyl (C=O) groups excluding carboxylic acids is 1. The smallest absolute Gasteiger partial charge is 0.220 e. The highest BCUT2D eigenvalue weighted by molar-refractivity contribution is 5.76. The normalized spacial score (nSPS) is 13.2. The lowest BCUT2D eigenvalue weighted by molar-refractivity contribution is -0.122. The Bertz CT molecular complexity index is 389. The van der Waals surface area contributed by atoms with Gasteiger partial charge in [-0.2, -0.15) is 0 Å². The van der Waals surface area contributed by atoms with Gasteiger partial charge in [0, 0.05) is 13.0 Å². The lowest BCUT2D eigenvalue weighted by Crippen LogP contribution is -2.40. The molecule has 0 aromatic carbocycles. The van der Waals surface area contributed by atoms with Crippen LogP contribution in [0.25, 0.3) is 0 Å². The van der Waals surface area contributed by atoms with Gasteiger partial charge in [0.15, 0.2) is 0 Å². The highest BCUT2D eigenvalue weighted by atomic mass is 16.5. The minimum absolute atomic E-state index is 0.0454. The largest absolute Gasteiger partial charge is 0.394 e. The van der Waals surface area contributed by atoms with E-state index >= 15 is 0 Å². The second-order valence-corrected chi connectivity index (χ2v) is 9.90. The van der Waals surface area contributed by atoms with E-state index in [9.17, 15) is 9.90 Å². The van der Waals surface area contributed by atoms with Crippen LogP contribution in [0, 0.1) is 5.92 Å². The molecule has 0 saturated heterocycles. The monoisotopic (exact) mass is 455 g/mol. The maximum Gasteiger partial charge on any atom is 0.220 e. The van der Waals surface area contributed by atoms with Gasteiger partial charge in [0.2, 0.25) is 5.91 Å². The van der Waals surface area contributed by atoms with Crippen molar-refractivity contribution in [2.24, 2.45) is 5.92 Å². The Morgan fingerprint density at radius 2 is 1.25 bits per heavy atom. The number of ether oxygens (including phenoxy) is 1. The minimum Gasteiger partial charge on any atom is -0.394 e. The molecular formula is C28H57NO3. The van der Waals surface area contributed by atoms with Gasteiger partial charge in [0.1, 0.15) is 0 Å². The summed E-state index contributed by atoms with van der Waals surface area (Å²) in [4.78, 5) is 12.1. The van der Waals surface area contributed by atoms with Gasteiger partial charge in [0.05, 0.1) is 19.3 Å². The van der Waals surface area contributed by atoms with Crippen LogP contribution in [0.3, 0.4) is 0 Å². The average molecular weight is 456 g/mol. The van der Waals surface area contributed by atoms with Crippen molar-refractivity contribution >= 4 is 5.91 Å². The number of hydrogen-bond acceptors (Lipinski definition) is 3. The summed E-state index contributed by atoms with van der Waals surface area (Å²) in [5, 5.41) is 12.5. The van der Waals surface area contributed by atoms with Crippen molar-refractivity contribution in [1.29, 1.82) is 0 Å². The van der Waals surface area contributed by atoms with Crippen molar-refractivity contribution in [1.82, 2.24) is 5.32 Å². The van der Waals surface area contributed by atoms with Crippen molar-refractivity contribution in [3.05, 3.63) is 0 Å². The molecule has 2 atom stereocenters. The number of aliphatic hydroxyl groups is 1. The van der Waals surface area contributed by atoms with Crippen LogP contribution < -0.4 is 5.32 Å². The van der Waals surface area contributed by atoms with E-state index < -0.39 is 0 Å². The summed E-state index contributed by atoms with van der Waals surface area (Å²) in [6.45, 7) is 7.86. The molecule has 0 aromatic heterocycles. The van der Waals surface area contributed by atoms with Crippen molar-refractivity contribution < 1.29 is 14.6 Å². The maximum atomic E-state index is 12.1. The molecule has 0 fully saturated rings. The van der Waals surface area contributed by atoms with Gasteiger partial charge in [-0.25, -0.2) is 0 Å². The number of unbranched alkanes of at least 4 members (excludes halogenated alkanes) is 14. The van der Waals surface area contributed by atoms with Crippen molar-refractivity contribution in [2.45, 2.75) is 149 Å². The Labute approximate surface area is 200 Å². The molecule has 0 spiro atoms. The fraction of sp³-hybridized carbons (Fsp3) is 0.964. The SMILES string of the molecule is CCCCCCCCCCCCCC(=O)N[C@@H](CO)COCC[C@H](C)CCCCCCC. The van der Waals surface area contributed by atoms with Crippen LogP contribution in [0.2, 0.25) is 0 Å². The molecule has 0 bridgehead atoms. The Morgan fingerprint density at radius 3 is 1.78 bits per heavy atom. The van der Waals surface area contributed by atoms with E-state index in [2.05, 4.69) is 26.1 Å². The fourth-order valence-electron chi connectivity index (χ4n) is 4.14. The molecule has 192 valence electrons. The summed E-state index contributed by atoms with van der Waals surface area (Å²) in [6.07, 6.45) is 23.7. The molecule has 0 radical (unpaired) electrons. The van der Waals surface area contributed by atoms with Crippen LogP contribution in [0.5, 0.6) is 0 Å². The van der Waals surface area contributed by atoms with Crippen molar-refractivity contribution in [2.75, 3.05) is 19.8 Å². The van der Waals surface area contributed by atoms with Gasteiger partial charge in [0.25, 0.3) is 0 Å². The van der Waals surface area contributed by atoms with Gasteiger partial charge >= 0.3 is 0 Å². The van der Waals surface area contributed by atoms with E-state index in [4.69, 9.17) is 4.74 Å². The third-order valence-electron chi connectivity index (χ3n) is 6.47.